The van der Waals surface area contributed by atoms with E-state index in [9.17, 15) is 13.6 Å². The van der Waals surface area contributed by atoms with Gasteiger partial charge in [-0.05, 0) is 39.0 Å². The van der Waals surface area contributed by atoms with Crippen molar-refractivity contribution in [3.63, 3.8) is 0 Å². The fourth-order valence-electron chi connectivity index (χ4n) is 2.75. The molecule has 22 heavy (non-hydrogen) atoms. The molecule has 1 heterocycles. The fourth-order valence-corrected chi connectivity index (χ4v) is 2.75. The van der Waals surface area contributed by atoms with Gasteiger partial charge >= 0.3 is 5.97 Å². The van der Waals surface area contributed by atoms with Gasteiger partial charge in [0.15, 0.2) is 0 Å². The molecule has 124 valence electrons. The lowest BCUT2D eigenvalue weighted by atomic mass is 10.0. The fraction of sp³-hybridized carbons (Fsp3) is 0.533. The predicted molar refractivity (Wildman–Crippen MR) is 82.2 cm³/mol. The Morgan fingerprint density at radius 2 is 2.00 bits per heavy atom. The molecule has 1 fully saturated rings. The maximum absolute atomic E-state index is 13.6. The molecule has 0 radical (unpaired) electrons. The number of carboxylic acid groups (broad SMARTS) is 1. The van der Waals surface area contributed by atoms with Gasteiger partial charge in [0, 0.05) is 24.2 Å². The zero-order valence-corrected chi connectivity index (χ0v) is 13.3. The van der Waals surface area contributed by atoms with Gasteiger partial charge in [-0.25, -0.2) is 8.78 Å². The quantitative estimate of drug-likeness (QED) is 0.898. The second-order valence-corrected chi connectivity index (χ2v) is 5.55. The minimum Gasteiger partial charge on any atom is -0.480 e. The third-order valence-electron chi connectivity index (χ3n) is 3.97. The monoisotopic (exact) mass is 334 g/mol. The van der Waals surface area contributed by atoms with Gasteiger partial charge in [-0.2, -0.15) is 0 Å². The first-order valence-electron chi connectivity index (χ1n) is 7.04. The molecule has 0 aromatic heterocycles. The van der Waals surface area contributed by atoms with Crippen molar-refractivity contribution >= 4 is 18.4 Å². The van der Waals surface area contributed by atoms with E-state index in [-0.39, 0.29) is 25.0 Å². The predicted octanol–water partition coefficient (Wildman–Crippen LogP) is 2.37. The third-order valence-corrected chi connectivity index (χ3v) is 3.97. The zero-order valence-electron chi connectivity index (χ0n) is 12.5. The van der Waals surface area contributed by atoms with E-state index in [0.29, 0.717) is 12.1 Å². The first kappa shape index (κ1) is 18.8. The number of likely N-dealkylation sites (N-methyl/N-ethyl adjacent to an activating group) is 1. The van der Waals surface area contributed by atoms with Gasteiger partial charge in [-0.15, -0.1) is 12.4 Å². The van der Waals surface area contributed by atoms with Crippen LogP contribution in [0.2, 0.25) is 0 Å². The van der Waals surface area contributed by atoms with Gasteiger partial charge in [0.2, 0.25) is 0 Å². The number of piperidine rings is 1. The molecule has 7 heteroatoms. The molecule has 1 aromatic carbocycles. The Kier molecular flexibility index (Phi) is 7.19. The van der Waals surface area contributed by atoms with E-state index in [1.165, 1.54) is 12.1 Å². The highest BCUT2D eigenvalue weighted by Crippen LogP contribution is 2.19. The number of aliphatic carboxylic acids is 1. The number of rotatable bonds is 5. The number of nitrogens with zero attached hydrogens (tertiary/aromatic N) is 2. The zero-order chi connectivity index (χ0) is 15.4. The van der Waals surface area contributed by atoms with Crippen LogP contribution in [0.25, 0.3) is 0 Å². The molecule has 0 unspecified atom stereocenters. The molecule has 1 aromatic rings. The lowest BCUT2D eigenvalue weighted by molar-refractivity contribution is -0.138. The molecule has 0 saturated carbocycles. The molecule has 1 aliphatic rings. The third kappa shape index (κ3) is 5.19. The van der Waals surface area contributed by atoms with Crippen LogP contribution >= 0.6 is 12.4 Å². The summed E-state index contributed by atoms with van der Waals surface area (Å²) in [7, 11) is 1.81. The lowest BCUT2D eigenvalue weighted by Crippen LogP contribution is -2.44. The van der Waals surface area contributed by atoms with Crippen molar-refractivity contribution in [2.24, 2.45) is 0 Å². The summed E-state index contributed by atoms with van der Waals surface area (Å²) in [5.41, 5.74) is 0.494. The van der Waals surface area contributed by atoms with E-state index in [4.69, 9.17) is 5.11 Å². The summed E-state index contributed by atoms with van der Waals surface area (Å²) in [6, 6.07) is 3.90. The van der Waals surface area contributed by atoms with Crippen molar-refractivity contribution in [1.29, 1.82) is 0 Å². The van der Waals surface area contributed by atoms with Gasteiger partial charge < -0.3 is 5.11 Å². The molecule has 2 rings (SSSR count). The molecule has 1 N–H and O–H groups in total. The molecule has 0 spiro atoms. The maximum atomic E-state index is 13.6. The average molecular weight is 335 g/mol. The van der Waals surface area contributed by atoms with E-state index in [2.05, 4.69) is 4.90 Å². The molecule has 0 atom stereocenters. The Labute approximate surface area is 135 Å². The van der Waals surface area contributed by atoms with Crippen molar-refractivity contribution in [3.05, 3.63) is 35.4 Å². The van der Waals surface area contributed by atoms with Crippen LogP contribution in [0.1, 0.15) is 18.4 Å². The Balaban J connectivity index is 0.00000242. The van der Waals surface area contributed by atoms with E-state index in [1.54, 1.807) is 0 Å². The molecular weight excluding hydrogens is 314 g/mol. The van der Waals surface area contributed by atoms with Gasteiger partial charge in [-0.3, -0.25) is 14.6 Å². The Morgan fingerprint density at radius 3 is 2.55 bits per heavy atom. The molecule has 1 saturated heterocycles. The van der Waals surface area contributed by atoms with Gasteiger partial charge in [-0.1, -0.05) is 6.07 Å². The molecule has 0 amide bonds. The van der Waals surface area contributed by atoms with E-state index >= 15 is 0 Å². The van der Waals surface area contributed by atoms with Crippen LogP contribution in [0, 0.1) is 11.6 Å². The Morgan fingerprint density at radius 1 is 1.36 bits per heavy atom. The van der Waals surface area contributed by atoms with Crippen LogP contribution in [0.5, 0.6) is 0 Å². The molecular formula is C15H21ClF2N2O2. The van der Waals surface area contributed by atoms with E-state index in [1.807, 2.05) is 11.9 Å². The van der Waals surface area contributed by atoms with Crippen molar-refractivity contribution in [2.45, 2.75) is 25.4 Å². The molecule has 0 aliphatic carbocycles. The summed E-state index contributed by atoms with van der Waals surface area (Å²) in [5, 5.41) is 8.79. The summed E-state index contributed by atoms with van der Waals surface area (Å²) in [5.74, 6) is -1.90. The summed E-state index contributed by atoms with van der Waals surface area (Å²) >= 11 is 0. The second kappa shape index (κ2) is 8.41. The minimum atomic E-state index is -0.826. The first-order chi connectivity index (χ1) is 9.95. The topological polar surface area (TPSA) is 43.8 Å². The van der Waals surface area contributed by atoms with Crippen molar-refractivity contribution in [2.75, 3.05) is 26.7 Å². The normalized spacial score (nSPS) is 16.5. The van der Waals surface area contributed by atoms with Gasteiger partial charge in [0.05, 0.1) is 6.54 Å². The highest BCUT2D eigenvalue weighted by molar-refractivity contribution is 5.85. The number of benzene rings is 1. The van der Waals surface area contributed by atoms with Crippen LogP contribution < -0.4 is 0 Å². The van der Waals surface area contributed by atoms with Crippen LogP contribution in [0.15, 0.2) is 18.2 Å². The number of halogens is 3. The number of hydrogen-bond acceptors (Lipinski definition) is 3. The Hall–Kier alpha value is -1.24. The standard InChI is InChI=1S/C15H20F2N2O2.ClH/c1-18(10-15(20)21)13-4-6-19(7-5-13)9-11-2-3-12(16)8-14(11)17;/h2-3,8,13H,4-7,9-10H2,1H3,(H,20,21);1H. The minimum absolute atomic E-state index is 0. The highest BCUT2D eigenvalue weighted by Gasteiger charge is 2.24. The van der Waals surface area contributed by atoms with Crippen LogP contribution in [0.4, 0.5) is 8.78 Å². The number of carboxylic acids is 1. The number of hydrogen-bond donors (Lipinski definition) is 1. The summed E-state index contributed by atoms with van der Waals surface area (Å²) in [4.78, 5) is 14.7. The SMILES string of the molecule is CN(CC(=O)O)C1CCN(Cc2ccc(F)cc2F)CC1.Cl. The van der Waals surface area contributed by atoms with Crippen LogP contribution in [-0.4, -0.2) is 53.6 Å². The number of likely N-dealkylation sites (tertiary alicyclic amines) is 1. The van der Waals surface area contributed by atoms with E-state index in [0.717, 1.165) is 32.0 Å². The second-order valence-electron chi connectivity index (χ2n) is 5.55. The van der Waals surface area contributed by atoms with Gasteiger partial charge in [0.25, 0.3) is 0 Å². The summed E-state index contributed by atoms with van der Waals surface area (Å²) in [6.45, 7) is 2.07. The van der Waals surface area contributed by atoms with Crippen LogP contribution in [-0.2, 0) is 11.3 Å². The summed E-state index contributed by atoms with van der Waals surface area (Å²) < 4.78 is 26.5. The molecule has 4 nitrogen and oxygen atoms in total. The maximum Gasteiger partial charge on any atom is 0.317 e. The largest absolute Gasteiger partial charge is 0.480 e. The lowest BCUT2D eigenvalue weighted by Gasteiger charge is -2.36. The molecule has 1 aliphatic heterocycles. The van der Waals surface area contributed by atoms with Crippen molar-refractivity contribution in [1.82, 2.24) is 9.80 Å². The van der Waals surface area contributed by atoms with Crippen molar-refractivity contribution < 1.29 is 18.7 Å². The molecule has 0 bridgehead atoms. The van der Waals surface area contributed by atoms with E-state index < -0.39 is 17.6 Å². The highest BCUT2D eigenvalue weighted by atomic mass is 35.5. The summed E-state index contributed by atoms with van der Waals surface area (Å²) in [6.07, 6.45) is 1.71. The van der Waals surface area contributed by atoms with Crippen LogP contribution in [0.3, 0.4) is 0 Å². The van der Waals surface area contributed by atoms with Crippen molar-refractivity contribution in [3.8, 4) is 0 Å². The Bertz CT molecular complexity index is 508. The number of carbonyl (C=O) groups is 1. The van der Waals surface area contributed by atoms with Gasteiger partial charge in [0.1, 0.15) is 11.6 Å². The first-order valence-corrected chi connectivity index (χ1v) is 7.04. The smallest absolute Gasteiger partial charge is 0.317 e. The average Bonchev–Trinajstić information content (AvgIpc) is 2.42.